The number of hydrogen-bond acceptors (Lipinski definition) is 5. The van der Waals surface area contributed by atoms with Crippen LogP contribution in [-0.4, -0.2) is 42.0 Å². The average Bonchev–Trinajstić information content (AvgIpc) is 2.50. The zero-order chi connectivity index (χ0) is 15.3. The smallest absolute Gasteiger partial charge is 0.241 e. The molecule has 1 rings (SSSR count). The van der Waals surface area contributed by atoms with Crippen molar-refractivity contribution in [3.05, 3.63) is 30.3 Å². The van der Waals surface area contributed by atoms with E-state index in [9.17, 15) is 13.2 Å². The molecule has 6 N–H and O–H groups in total. The van der Waals surface area contributed by atoms with Crippen LogP contribution < -0.4 is 21.5 Å². The number of carbonyl (C=O) groups excluding carboxylic acids is 1. The maximum absolute atomic E-state index is 11.6. The number of nitrogens with one attached hydrogen (secondary N) is 2. The minimum absolute atomic E-state index is 0.147. The highest BCUT2D eigenvalue weighted by Crippen LogP contribution is 2.06. The quantitative estimate of drug-likeness (QED) is 0.557. The molecule has 110 valence electrons. The summed E-state index contributed by atoms with van der Waals surface area (Å²) in [5.41, 5.74) is 9.00. The molecular weight excluding hydrogens is 268 g/mol. The summed E-state index contributed by atoms with van der Waals surface area (Å²) in [6.07, 6.45) is 0. The summed E-state index contributed by atoms with van der Waals surface area (Å²) in [4.78, 5) is 11.0. The molecule has 0 fully saturated rings. The van der Waals surface area contributed by atoms with Crippen molar-refractivity contribution in [1.82, 2.24) is 10.0 Å². The van der Waals surface area contributed by atoms with Gasteiger partial charge in [-0.1, -0.05) is 18.2 Å². The third-order valence-corrected chi connectivity index (χ3v) is 3.17. The fourth-order valence-corrected chi connectivity index (χ4v) is 1.94. The van der Waals surface area contributed by atoms with E-state index in [0.29, 0.717) is 0 Å². The summed E-state index contributed by atoms with van der Waals surface area (Å²) in [6.45, 7) is -0.256. The number of hydrogen-bond donors (Lipinski definition) is 4. The Morgan fingerprint density at radius 2 is 1.58 bits per heavy atom. The number of nitrogens with two attached hydrogens (primary N) is 2. The molecule has 0 unspecified atom stereocenters. The van der Waals surface area contributed by atoms with E-state index in [-0.39, 0.29) is 17.3 Å². The third kappa shape index (κ3) is 8.27. The maximum atomic E-state index is 11.6. The van der Waals surface area contributed by atoms with Crippen LogP contribution in [0.1, 0.15) is 0 Å². The zero-order valence-electron chi connectivity index (χ0n) is 11.4. The van der Waals surface area contributed by atoms with E-state index in [1.165, 1.54) is 33.3 Å². The molecule has 0 aromatic heterocycles. The van der Waals surface area contributed by atoms with Crippen LogP contribution in [0.4, 0.5) is 0 Å². The first-order valence-corrected chi connectivity index (χ1v) is 6.95. The Hall–Kier alpha value is -1.48. The number of sulfonamides is 1. The molecule has 0 aliphatic heterocycles. The van der Waals surface area contributed by atoms with Gasteiger partial charge in [0.2, 0.25) is 15.9 Å². The fourth-order valence-electron chi connectivity index (χ4n) is 0.932. The molecule has 19 heavy (non-hydrogen) atoms. The van der Waals surface area contributed by atoms with Gasteiger partial charge in [-0.2, -0.15) is 0 Å². The van der Waals surface area contributed by atoms with E-state index < -0.39 is 10.0 Å². The van der Waals surface area contributed by atoms with Gasteiger partial charge < -0.3 is 16.8 Å². The normalized spacial score (nSPS) is 9.32. The maximum Gasteiger partial charge on any atom is 0.241 e. The summed E-state index contributed by atoms with van der Waals surface area (Å²) in [5.74, 6) is -0.380. The van der Waals surface area contributed by atoms with Gasteiger partial charge in [0.05, 0.1) is 11.4 Å². The number of benzene rings is 1. The lowest BCUT2D eigenvalue weighted by molar-refractivity contribution is -0.119. The zero-order valence-corrected chi connectivity index (χ0v) is 12.2. The van der Waals surface area contributed by atoms with Crippen LogP contribution in [0.15, 0.2) is 35.2 Å². The van der Waals surface area contributed by atoms with E-state index in [1.807, 2.05) is 0 Å². The molecule has 0 saturated carbocycles. The Morgan fingerprint density at radius 1 is 1.11 bits per heavy atom. The van der Waals surface area contributed by atoms with E-state index in [0.717, 1.165) is 0 Å². The van der Waals surface area contributed by atoms with Crippen molar-refractivity contribution in [3.63, 3.8) is 0 Å². The summed E-state index contributed by atoms with van der Waals surface area (Å²) in [6, 6.07) is 7.89. The van der Waals surface area contributed by atoms with Crippen molar-refractivity contribution in [2.45, 2.75) is 4.90 Å². The Kier molecular flexibility index (Phi) is 12.1. The van der Waals surface area contributed by atoms with E-state index in [2.05, 4.69) is 21.5 Å². The third-order valence-electron chi connectivity index (χ3n) is 1.76. The van der Waals surface area contributed by atoms with Gasteiger partial charge in [0.1, 0.15) is 0 Å². The predicted octanol–water partition coefficient (Wildman–Crippen LogP) is -1.14. The van der Waals surface area contributed by atoms with E-state index in [4.69, 9.17) is 0 Å². The number of likely N-dealkylation sites (N-methyl/N-ethyl adjacent to an activating group) is 1. The SMILES string of the molecule is CN.CN.CNC(=O)CNS(=O)(=O)c1ccccc1. The average molecular weight is 290 g/mol. The highest BCUT2D eigenvalue weighted by molar-refractivity contribution is 7.89. The van der Waals surface area contributed by atoms with Crippen LogP contribution in [0.2, 0.25) is 0 Å². The Labute approximate surface area is 114 Å². The molecule has 0 atom stereocenters. The van der Waals surface area contributed by atoms with Crippen molar-refractivity contribution in [1.29, 1.82) is 0 Å². The van der Waals surface area contributed by atoms with E-state index >= 15 is 0 Å². The molecule has 0 radical (unpaired) electrons. The Balaban J connectivity index is 0. The standard InChI is InChI=1S/C9H12N2O3S.2CH5N/c1-10-9(12)7-11-15(13,14)8-5-3-2-4-6-8;2*1-2/h2-6,11H,7H2,1H3,(H,10,12);2*2H2,1H3. The van der Waals surface area contributed by atoms with Gasteiger partial charge >= 0.3 is 0 Å². The van der Waals surface area contributed by atoms with Gasteiger partial charge in [0.15, 0.2) is 0 Å². The molecule has 1 amide bonds. The second kappa shape index (κ2) is 11.6. The summed E-state index contributed by atoms with van der Waals surface area (Å²) in [7, 11) is 0.867. The molecule has 0 bridgehead atoms. The lowest BCUT2D eigenvalue weighted by Crippen LogP contribution is -2.35. The molecule has 7 nitrogen and oxygen atoms in total. The monoisotopic (exact) mass is 290 g/mol. The van der Waals surface area contributed by atoms with Crippen molar-refractivity contribution >= 4 is 15.9 Å². The lowest BCUT2D eigenvalue weighted by atomic mass is 10.4. The number of amides is 1. The first-order valence-electron chi connectivity index (χ1n) is 5.47. The van der Waals surface area contributed by atoms with Crippen LogP contribution >= 0.6 is 0 Å². The van der Waals surface area contributed by atoms with Crippen LogP contribution in [0, 0.1) is 0 Å². The van der Waals surface area contributed by atoms with Gasteiger partial charge in [-0.05, 0) is 26.2 Å². The molecule has 1 aromatic carbocycles. The molecule has 0 saturated heterocycles. The van der Waals surface area contributed by atoms with Crippen LogP contribution in [0.5, 0.6) is 0 Å². The molecular formula is C11H22N4O3S. The predicted molar refractivity (Wildman–Crippen MR) is 75.9 cm³/mol. The second-order valence-corrected chi connectivity index (χ2v) is 4.58. The fraction of sp³-hybridized carbons (Fsp3) is 0.364. The van der Waals surface area contributed by atoms with Gasteiger partial charge in [-0.3, -0.25) is 4.79 Å². The van der Waals surface area contributed by atoms with Gasteiger partial charge in [-0.25, -0.2) is 13.1 Å². The molecule has 8 heteroatoms. The van der Waals surface area contributed by atoms with Crippen molar-refractivity contribution in [3.8, 4) is 0 Å². The highest BCUT2D eigenvalue weighted by Gasteiger charge is 2.13. The summed E-state index contributed by atoms with van der Waals surface area (Å²) >= 11 is 0. The number of rotatable bonds is 4. The first-order chi connectivity index (χ1) is 9.06. The van der Waals surface area contributed by atoms with Crippen LogP contribution in [-0.2, 0) is 14.8 Å². The summed E-state index contributed by atoms with van der Waals surface area (Å²) < 4.78 is 25.3. The topological polar surface area (TPSA) is 127 Å². The Morgan fingerprint density at radius 3 is 2.00 bits per heavy atom. The largest absolute Gasteiger partial charge is 0.358 e. The Bertz CT molecular complexity index is 435. The second-order valence-electron chi connectivity index (χ2n) is 2.81. The molecule has 0 aliphatic carbocycles. The lowest BCUT2D eigenvalue weighted by Gasteiger charge is -2.05. The highest BCUT2D eigenvalue weighted by atomic mass is 32.2. The van der Waals surface area contributed by atoms with Gasteiger partial charge in [0, 0.05) is 7.05 Å². The molecule has 0 spiro atoms. The van der Waals surface area contributed by atoms with Crippen LogP contribution in [0.25, 0.3) is 0 Å². The van der Waals surface area contributed by atoms with Crippen molar-refractivity contribution in [2.24, 2.45) is 11.5 Å². The minimum Gasteiger partial charge on any atom is -0.358 e. The molecule has 0 aliphatic rings. The van der Waals surface area contributed by atoms with Gasteiger partial charge in [-0.15, -0.1) is 0 Å². The van der Waals surface area contributed by atoms with Gasteiger partial charge in [0.25, 0.3) is 0 Å². The van der Waals surface area contributed by atoms with Crippen LogP contribution in [0.3, 0.4) is 0 Å². The van der Waals surface area contributed by atoms with Crippen molar-refractivity contribution < 1.29 is 13.2 Å². The first kappa shape index (κ1) is 19.9. The van der Waals surface area contributed by atoms with E-state index in [1.54, 1.807) is 18.2 Å². The van der Waals surface area contributed by atoms with Crippen molar-refractivity contribution in [2.75, 3.05) is 27.7 Å². The summed E-state index contributed by atoms with van der Waals surface area (Å²) in [5, 5.41) is 2.32. The number of carbonyl (C=O) groups is 1. The molecule has 0 heterocycles. The minimum atomic E-state index is -3.58. The molecule has 1 aromatic rings.